The predicted molar refractivity (Wildman–Crippen MR) is 109 cm³/mol. The monoisotopic (exact) mass is 360 g/mol. The van der Waals surface area contributed by atoms with E-state index in [9.17, 15) is 4.79 Å². The Kier molecular flexibility index (Phi) is 10.1. The van der Waals surface area contributed by atoms with Crippen LogP contribution < -0.4 is 0 Å². The van der Waals surface area contributed by atoms with E-state index in [0.29, 0.717) is 24.5 Å². The summed E-state index contributed by atoms with van der Waals surface area (Å²) >= 11 is 0. The highest BCUT2D eigenvalue weighted by Crippen LogP contribution is 2.25. The van der Waals surface area contributed by atoms with E-state index in [0.717, 1.165) is 32.1 Å². The van der Waals surface area contributed by atoms with Crippen LogP contribution in [0, 0.1) is 0 Å². The first-order valence-electron chi connectivity index (χ1n) is 9.84. The maximum Gasteiger partial charge on any atom is 0.286 e. The highest BCUT2D eigenvalue weighted by atomic mass is 16.7. The minimum Gasteiger partial charge on any atom is -0.465 e. The van der Waals surface area contributed by atoms with Gasteiger partial charge in [0.15, 0.2) is 6.10 Å². The minimum atomic E-state index is -0.418. The normalized spacial score (nSPS) is 18.2. The first kappa shape index (κ1) is 22.3. The molecule has 1 unspecified atom stereocenters. The van der Waals surface area contributed by atoms with Crippen LogP contribution in [0.4, 0.5) is 0 Å². The van der Waals surface area contributed by atoms with Crippen molar-refractivity contribution in [2.24, 2.45) is 0 Å². The van der Waals surface area contributed by atoms with Crippen LogP contribution in [-0.4, -0.2) is 18.5 Å². The van der Waals surface area contributed by atoms with Gasteiger partial charge in [0.05, 0.1) is 12.2 Å². The molecule has 0 aromatic carbocycles. The second-order valence-electron chi connectivity index (χ2n) is 7.43. The summed E-state index contributed by atoms with van der Waals surface area (Å²) < 4.78 is 11.2. The summed E-state index contributed by atoms with van der Waals surface area (Å²) in [6.07, 6.45) is 12.2. The molecule has 0 fully saturated rings. The molecular formula is C23H36O3. The molecular weight excluding hydrogens is 324 g/mol. The van der Waals surface area contributed by atoms with Gasteiger partial charge in [-0.15, -0.1) is 0 Å². The van der Waals surface area contributed by atoms with Gasteiger partial charge in [0, 0.05) is 6.42 Å². The van der Waals surface area contributed by atoms with Gasteiger partial charge >= 0.3 is 0 Å². The zero-order valence-electron chi connectivity index (χ0n) is 17.5. The van der Waals surface area contributed by atoms with Gasteiger partial charge in [0.1, 0.15) is 0 Å². The van der Waals surface area contributed by atoms with E-state index >= 15 is 0 Å². The topological polar surface area (TPSA) is 35.5 Å². The Morgan fingerprint density at radius 1 is 1.04 bits per heavy atom. The van der Waals surface area contributed by atoms with Crippen LogP contribution in [0.15, 0.2) is 46.5 Å². The third-order valence-corrected chi connectivity index (χ3v) is 4.46. The molecule has 0 saturated carbocycles. The fraction of sp³-hybridized carbons (Fsp3) is 0.609. The molecule has 0 aliphatic carbocycles. The van der Waals surface area contributed by atoms with Crippen molar-refractivity contribution in [2.75, 3.05) is 6.61 Å². The number of rotatable bonds is 11. The number of ether oxygens (including phenoxy) is 2. The largest absolute Gasteiger partial charge is 0.465 e. The van der Waals surface area contributed by atoms with Crippen LogP contribution >= 0.6 is 0 Å². The summed E-state index contributed by atoms with van der Waals surface area (Å²) in [6.45, 7) is 13.0. The number of hydrogen-bond donors (Lipinski definition) is 0. The van der Waals surface area contributed by atoms with Gasteiger partial charge in [0.25, 0.3) is 5.95 Å². The highest BCUT2D eigenvalue weighted by Gasteiger charge is 2.32. The summed E-state index contributed by atoms with van der Waals surface area (Å²) in [5, 5.41) is 0. The van der Waals surface area contributed by atoms with Crippen LogP contribution in [-0.2, 0) is 14.3 Å². The summed E-state index contributed by atoms with van der Waals surface area (Å²) in [4.78, 5) is 12.2. The summed E-state index contributed by atoms with van der Waals surface area (Å²) in [7, 11) is 0. The molecule has 0 saturated heterocycles. The van der Waals surface area contributed by atoms with Crippen LogP contribution in [0.2, 0.25) is 0 Å². The molecule has 0 spiro atoms. The average Bonchev–Trinajstić information content (AvgIpc) is 2.85. The first-order valence-corrected chi connectivity index (χ1v) is 9.84. The number of Topliss-reactive ketones (excluding diaryl/α,β-unsaturated/α-hetero) is 1. The van der Waals surface area contributed by atoms with Crippen LogP contribution in [0.5, 0.6) is 0 Å². The zero-order valence-corrected chi connectivity index (χ0v) is 17.5. The van der Waals surface area contributed by atoms with Crippen LogP contribution in [0.3, 0.4) is 0 Å². The Balaban J connectivity index is 2.38. The Morgan fingerprint density at radius 2 is 1.65 bits per heavy atom. The van der Waals surface area contributed by atoms with E-state index in [1.165, 1.54) is 16.7 Å². The van der Waals surface area contributed by atoms with Gasteiger partial charge < -0.3 is 9.47 Å². The van der Waals surface area contributed by atoms with Crippen LogP contribution in [0.25, 0.3) is 0 Å². The molecule has 1 atom stereocenters. The number of carbonyl (C=O) groups excluding carboxylic acids is 1. The Hall–Kier alpha value is -1.77. The van der Waals surface area contributed by atoms with Gasteiger partial charge in [-0.2, -0.15) is 0 Å². The number of carbonyl (C=O) groups is 1. The van der Waals surface area contributed by atoms with E-state index in [-0.39, 0.29) is 5.78 Å². The number of hydrogen-bond acceptors (Lipinski definition) is 3. The molecule has 1 aliphatic rings. The van der Waals surface area contributed by atoms with E-state index in [2.05, 4.69) is 45.9 Å². The second-order valence-corrected chi connectivity index (χ2v) is 7.43. The van der Waals surface area contributed by atoms with Crippen molar-refractivity contribution in [3.8, 4) is 0 Å². The van der Waals surface area contributed by atoms with Gasteiger partial charge in [0.2, 0.25) is 5.78 Å². The van der Waals surface area contributed by atoms with Crippen molar-refractivity contribution in [1.29, 1.82) is 0 Å². The van der Waals surface area contributed by atoms with Crippen molar-refractivity contribution in [2.45, 2.75) is 86.2 Å². The lowest BCUT2D eigenvalue weighted by molar-refractivity contribution is -0.122. The predicted octanol–water partition coefficient (Wildman–Crippen LogP) is 6.42. The minimum absolute atomic E-state index is 0.0511. The molecule has 1 aliphatic heterocycles. The molecule has 0 aromatic rings. The van der Waals surface area contributed by atoms with E-state index in [1.54, 1.807) is 6.92 Å². The Morgan fingerprint density at radius 3 is 2.27 bits per heavy atom. The van der Waals surface area contributed by atoms with Crippen molar-refractivity contribution in [3.63, 3.8) is 0 Å². The number of ketones is 1. The smallest absolute Gasteiger partial charge is 0.286 e. The van der Waals surface area contributed by atoms with E-state index in [1.807, 2.05) is 6.92 Å². The first-order chi connectivity index (χ1) is 12.3. The molecule has 26 heavy (non-hydrogen) atoms. The fourth-order valence-corrected chi connectivity index (χ4v) is 2.75. The molecule has 1 rings (SSSR count). The average molecular weight is 361 g/mol. The van der Waals surface area contributed by atoms with Gasteiger partial charge in [-0.25, -0.2) is 0 Å². The van der Waals surface area contributed by atoms with Crippen LogP contribution in [0.1, 0.15) is 80.1 Å². The quantitative estimate of drug-likeness (QED) is 0.399. The highest BCUT2D eigenvalue weighted by molar-refractivity contribution is 6.00. The summed E-state index contributed by atoms with van der Waals surface area (Å²) in [5.74, 6) is 0.470. The van der Waals surface area contributed by atoms with Crippen molar-refractivity contribution < 1.29 is 14.3 Å². The zero-order chi connectivity index (χ0) is 19.5. The van der Waals surface area contributed by atoms with E-state index in [4.69, 9.17) is 9.47 Å². The second kappa shape index (κ2) is 11.8. The third-order valence-electron chi connectivity index (χ3n) is 4.46. The Labute approximate surface area is 159 Å². The standard InChI is InChI=1S/C23H36O3/c1-7-16-25-23-20(6)22(24)21(26-23)15-14-19(5)13-9-12-18(4)11-8-10-17(2)3/h10,12,14,21H,7-9,11,13,15-16H2,1-6H3. The van der Waals surface area contributed by atoms with Crippen molar-refractivity contribution in [1.82, 2.24) is 0 Å². The van der Waals surface area contributed by atoms with Gasteiger partial charge in [-0.3, -0.25) is 4.79 Å². The summed E-state index contributed by atoms with van der Waals surface area (Å²) in [5.41, 5.74) is 4.75. The maximum atomic E-state index is 12.2. The molecule has 1 heterocycles. The van der Waals surface area contributed by atoms with Gasteiger partial charge in [-0.1, -0.05) is 41.9 Å². The lowest BCUT2D eigenvalue weighted by Gasteiger charge is -2.11. The van der Waals surface area contributed by atoms with Gasteiger partial charge in [-0.05, 0) is 66.7 Å². The lowest BCUT2D eigenvalue weighted by Crippen LogP contribution is -2.17. The van der Waals surface area contributed by atoms with Crippen molar-refractivity contribution in [3.05, 3.63) is 46.5 Å². The SMILES string of the molecule is CCCOC1=C(C)C(=O)C(CC=C(C)CCC=C(C)CCC=C(C)C)O1. The number of allylic oxidation sites excluding steroid dienone is 5. The van der Waals surface area contributed by atoms with Crippen molar-refractivity contribution >= 4 is 5.78 Å². The molecule has 3 nitrogen and oxygen atoms in total. The molecule has 0 aromatic heterocycles. The molecule has 0 radical (unpaired) electrons. The lowest BCUT2D eigenvalue weighted by atomic mass is 10.0. The maximum absolute atomic E-state index is 12.2. The third kappa shape index (κ3) is 8.07. The fourth-order valence-electron chi connectivity index (χ4n) is 2.75. The molecule has 0 bridgehead atoms. The Bertz CT molecular complexity index is 587. The molecule has 0 amide bonds. The molecule has 3 heteroatoms. The summed E-state index contributed by atoms with van der Waals surface area (Å²) in [6, 6.07) is 0. The molecule has 146 valence electrons. The van der Waals surface area contributed by atoms with E-state index < -0.39 is 6.10 Å². The molecule has 0 N–H and O–H groups in total.